The van der Waals surface area contributed by atoms with Gasteiger partial charge in [0.05, 0.1) is 12.4 Å². The molecule has 0 aliphatic rings. The molecule has 1 aromatic carbocycles. The zero-order chi connectivity index (χ0) is 14.9. The molecule has 1 heterocycles. The summed E-state index contributed by atoms with van der Waals surface area (Å²) in [6.45, 7) is 3.14. The number of rotatable bonds is 8. The normalized spacial score (nSPS) is 10.3. The smallest absolute Gasteiger partial charge is 0.253 e. The molecule has 0 spiro atoms. The minimum Gasteiger partial charge on any atom is -0.360 e. The van der Waals surface area contributed by atoms with Gasteiger partial charge in [0.25, 0.3) is 5.91 Å². The van der Waals surface area contributed by atoms with Crippen LogP contribution in [0.4, 0.5) is 5.13 Å². The molecule has 2 aromatic rings. The van der Waals surface area contributed by atoms with Crippen molar-refractivity contribution >= 4 is 34.1 Å². The quantitative estimate of drug-likeness (QED) is 0.573. The second kappa shape index (κ2) is 8.60. The Labute approximate surface area is 131 Å². The summed E-state index contributed by atoms with van der Waals surface area (Å²) in [7, 11) is 0. The lowest BCUT2D eigenvalue weighted by Crippen LogP contribution is -2.25. The van der Waals surface area contributed by atoms with Gasteiger partial charge in [0.15, 0.2) is 4.34 Å². The second-order valence-electron chi connectivity index (χ2n) is 3.99. The summed E-state index contributed by atoms with van der Waals surface area (Å²) in [5.41, 5.74) is 3.42. The summed E-state index contributed by atoms with van der Waals surface area (Å²) in [4.78, 5) is 16.8. The van der Waals surface area contributed by atoms with Gasteiger partial charge in [-0.25, -0.2) is 5.48 Å². The summed E-state index contributed by atoms with van der Waals surface area (Å²) in [6, 6.07) is 9.65. The molecule has 1 aromatic heterocycles. The van der Waals surface area contributed by atoms with E-state index in [9.17, 15) is 4.79 Å². The van der Waals surface area contributed by atoms with Gasteiger partial charge in [-0.3, -0.25) is 9.63 Å². The molecule has 2 N–H and O–H groups in total. The van der Waals surface area contributed by atoms with Gasteiger partial charge in [-0.1, -0.05) is 53.4 Å². The van der Waals surface area contributed by atoms with Gasteiger partial charge in [-0.05, 0) is 12.5 Å². The molecule has 112 valence electrons. The summed E-state index contributed by atoms with van der Waals surface area (Å²) < 4.78 is 0.754. The predicted octanol–water partition coefficient (Wildman–Crippen LogP) is 2.31. The first-order valence-electron chi connectivity index (χ1n) is 6.42. The molecule has 6 nitrogen and oxygen atoms in total. The van der Waals surface area contributed by atoms with Crippen LogP contribution < -0.4 is 10.8 Å². The van der Waals surface area contributed by atoms with E-state index in [-0.39, 0.29) is 11.7 Å². The van der Waals surface area contributed by atoms with Gasteiger partial charge in [0, 0.05) is 6.54 Å². The van der Waals surface area contributed by atoms with Crippen LogP contribution in [-0.2, 0) is 16.2 Å². The molecule has 21 heavy (non-hydrogen) atoms. The molecule has 0 unspecified atom stereocenters. The van der Waals surface area contributed by atoms with Gasteiger partial charge in [0.1, 0.15) is 0 Å². The van der Waals surface area contributed by atoms with Gasteiger partial charge in [0.2, 0.25) is 5.13 Å². The Morgan fingerprint density at radius 2 is 2.14 bits per heavy atom. The average molecular weight is 324 g/mol. The third-order valence-corrected chi connectivity index (χ3v) is 4.34. The number of hydroxylamine groups is 1. The number of amides is 1. The van der Waals surface area contributed by atoms with Crippen LogP contribution in [0, 0.1) is 0 Å². The van der Waals surface area contributed by atoms with E-state index in [0.717, 1.165) is 21.6 Å². The zero-order valence-corrected chi connectivity index (χ0v) is 13.2. The fourth-order valence-electron chi connectivity index (χ4n) is 1.42. The number of anilines is 1. The molecule has 0 aliphatic carbocycles. The van der Waals surface area contributed by atoms with E-state index < -0.39 is 0 Å². The number of carbonyl (C=O) groups excluding carboxylic acids is 1. The SMILES string of the molecule is CCNc1nnc(SCC(=O)NOCc2ccccc2)s1. The standard InChI is InChI=1S/C13H16N4O2S2/c1-2-14-12-15-16-13(21-12)20-9-11(18)17-19-8-10-6-4-3-5-7-10/h3-7H,2,8-9H2,1H3,(H,14,15)(H,17,18). The van der Waals surface area contributed by atoms with Crippen molar-refractivity contribution < 1.29 is 9.63 Å². The average Bonchev–Trinajstić information content (AvgIpc) is 2.94. The zero-order valence-electron chi connectivity index (χ0n) is 11.5. The van der Waals surface area contributed by atoms with Gasteiger partial charge in [-0.15, -0.1) is 10.2 Å². The number of hydrogen-bond donors (Lipinski definition) is 2. The van der Waals surface area contributed by atoms with E-state index >= 15 is 0 Å². The van der Waals surface area contributed by atoms with Crippen LogP contribution in [0.3, 0.4) is 0 Å². The van der Waals surface area contributed by atoms with Crippen molar-refractivity contribution in [2.75, 3.05) is 17.6 Å². The predicted molar refractivity (Wildman–Crippen MR) is 84.2 cm³/mol. The largest absolute Gasteiger partial charge is 0.360 e. The van der Waals surface area contributed by atoms with Crippen LogP contribution in [0.1, 0.15) is 12.5 Å². The molecule has 8 heteroatoms. The lowest BCUT2D eigenvalue weighted by atomic mass is 10.2. The Morgan fingerprint density at radius 3 is 2.90 bits per heavy atom. The third kappa shape index (κ3) is 5.70. The Bertz CT molecular complexity index is 562. The molecular formula is C13H16N4O2S2. The van der Waals surface area contributed by atoms with E-state index in [4.69, 9.17) is 4.84 Å². The van der Waals surface area contributed by atoms with Crippen molar-refractivity contribution in [3.8, 4) is 0 Å². The van der Waals surface area contributed by atoms with E-state index in [1.807, 2.05) is 37.3 Å². The molecule has 2 rings (SSSR count). The van der Waals surface area contributed by atoms with Crippen LogP contribution in [0.25, 0.3) is 0 Å². The number of carbonyl (C=O) groups is 1. The first-order valence-corrected chi connectivity index (χ1v) is 8.23. The monoisotopic (exact) mass is 324 g/mol. The van der Waals surface area contributed by atoms with E-state index in [1.54, 1.807) is 0 Å². The van der Waals surface area contributed by atoms with Crippen molar-refractivity contribution in [2.24, 2.45) is 0 Å². The number of hydrogen-bond acceptors (Lipinski definition) is 7. The third-order valence-electron chi connectivity index (χ3n) is 2.33. The van der Waals surface area contributed by atoms with E-state index in [2.05, 4.69) is 21.0 Å². The number of nitrogens with one attached hydrogen (secondary N) is 2. The molecule has 0 radical (unpaired) electrons. The summed E-state index contributed by atoms with van der Waals surface area (Å²) >= 11 is 2.76. The van der Waals surface area contributed by atoms with E-state index in [0.29, 0.717) is 6.61 Å². The van der Waals surface area contributed by atoms with E-state index in [1.165, 1.54) is 23.1 Å². The Kier molecular flexibility index (Phi) is 6.45. The highest BCUT2D eigenvalue weighted by Gasteiger charge is 2.07. The Hall–Kier alpha value is -1.64. The maximum Gasteiger partial charge on any atom is 0.253 e. The summed E-state index contributed by atoms with van der Waals surface area (Å²) in [6.07, 6.45) is 0. The summed E-state index contributed by atoms with van der Waals surface area (Å²) in [5, 5.41) is 11.8. The van der Waals surface area contributed by atoms with Crippen LogP contribution in [0.15, 0.2) is 34.7 Å². The molecule has 0 atom stereocenters. The van der Waals surface area contributed by atoms with Crippen molar-refractivity contribution in [1.82, 2.24) is 15.7 Å². The fourth-order valence-corrected chi connectivity index (χ4v) is 3.03. The molecule has 0 fully saturated rings. The highest BCUT2D eigenvalue weighted by molar-refractivity contribution is 8.01. The fraction of sp³-hybridized carbons (Fsp3) is 0.308. The van der Waals surface area contributed by atoms with Gasteiger partial charge < -0.3 is 5.32 Å². The Balaban J connectivity index is 1.65. The van der Waals surface area contributed by atoms with Gasteiger partial charge >= 0.3 is 0 Å². The minimum atomic E-state index is -0.198. The second-order valence-corrected chi connectivity index (χ2v) is 6.19. The van der Waals surface area contributed by atoms with Crippen molar-refractivity contribution in [3.05, 3.63) is 35.9 Å². The molecule has 1 amide bonds. The first kappa shape index (κ1) is 15.7. The molecular weight excluding hydrogens is 308 g/mol. The number of benzene rings is 1. The van der Waals surface area contributed by atoms with Gasteiger partial charge in [-0.2, -0.15) is 0 Å². The number of nitrogens with zero attached hydrogens (tertiary/aromatic N) is 2. The molecule has 0 saturated heterocycles. The number of thioether (sulfide) groups is 1. The van der Waals surface area contributed by atoms with Crippen LogP contribution >= 0.6 is 23.1 Å². The van der Waals surface area contributed by atoms with Crippen molar-refractivity contribution in [1.29, 1.82) is 0 Å². The van der Waals surface area contributed by atoms with Crippen LogP contribution in [-0.4, -0.2) is 28.4 Å². The van der Waals surface area contributed by atoms with Crippen molar-refractivity contribution in [2.45, 2.75) is 17.9 Å². The first-order chi connectivity index (χ1) is 10.3. The highest BCUT2D eigenvalue weighted by Crippen LogP contribution is 2.24. The van der Waals surface area contributed by atoms with Crippen LogP contribution in [0.2, 0.25) is 0 Å². The highest BCUT2D eigenvalue weighted by atomic mass is 32.2. The minimum absolute atomic E-state index is 0.198. The molecule has 0 saturated carbocycles. The molecule has 0 bridgehead atoms. The Morgan fingerprint density at radius 1 is 1.33 bits per heavy atom. The molecule has 0 aliphatic heterocycles. The van der Waals surface area contributed by atoms with Crippen molar-refractivity contribution in [3.63, 3.8) is 0 Å². The lowest BCUT2D eigenvalue weighted by Gasteiger charge is -2.04. The maximum atomic E-state index is 11.6. The number of aromatic nitrogens is 2. The topological polar surface area (TPSA) is 76.1 Å². The lowest BCUT2D eigenvalue weighted by molar-refractivity contribution is -0.131. The van der Waals surface area contributed by atoms with Crippen LogP contribution in [0.5, 0.6) is 0 Å². The summed E-state index contributed by atoms with van der Waals surface area (Å²) in [5.74, 6) is 0.0476. The maximum absolute atomic E-state index is 11.6.